The van der Waals surface area contributed by atoms with Crippen molar-refractivity contribution in [3.05, 3.63) is 178 Å². The summed E-state index contributed by atoms with van der Waals surface area (Å²) in [5.41, 5.74) is 18.3. The van der Waals surface area contributed by atoms with Crippen molar-refractivity contribution in [2.45, 2.75) is 110 Å². The predicted octanol–water partition coefficient (Wildman–Crippen LogP) is 13.4. The quantitative estimate of drug-likeness (QED) is 0.130. The van der Waals surface area contributed by atoms with Gasteiger partial charge in [-0.25, -0.2) is 0 Å². The number of ether oxygens (including phenoxy) is 1. The molecule has 6 aromatic carbocycles. The molecule has 0 atom stereocenters. The topological polar surface area (TPSA) is 35.9 Å². The molecule has 0 saturated heterocycles. The number of imidazole rings is 1. The third kappa shape index (κ3) is 6.75. The Kier molecular flexibility index (Phi) is 10.1. The van der Waals surface area contributed by atoms with Crippen LogP contribution in [0.3, 0.4) is 0 Å². The van der Waals surface area contributed by atoms with Crippen molar-refractivity contribution >= 4 is 11.0 Å². The molecule has 8 aromatic rings. The summed E-state index contributed by atoms with van der Waals surface area (Å²) in [7, 11) is 2.10. The molecule has 0 radical (unpaired) electrons. The van der Waals surface area contributed by atoms with E-state index in [1.807, 2.05) is 53.5 Å². The maximum atomic E-state index is 6.75. The SMILES string of the molecule is C[n+]1[c-]n2c3c(cccc31)C1(c3ccc(Oc4[c-]c(-n5cc(-c6ccccc6)cn5)ccc4)[c-]c3-2)c2c(cc(C(C)(C)C)cc2C(C)(C)C)-c2cc(C(C)(C)C)cc(C(C)(C)C)c21.[Pt]. The number of para-hydroxylation sites is 1. The summed E-state index contributed by atoms with van der Waals surface area (Å²) in [4.78, 5) is 0. The number of hydrogen-bond donors (Lipinski definition) is 0. The van der Waals surface area contributed by atoms with Gasteiger partial charge in [-0.05, 0) is 83.0 Å². The minimum atomic E-state index is -0.676. The maximum Gasteiger partial charge on any atom is 0.242 e. The molecule has 1 aliphatic heterocycles. The molecule has 1 aliphatic carbocycles. The first-order valence-corrected chi connectivity index (χ1v) is 22.4. The minimum Gasteiger partial charge on any atom is -0.510 e. The van der Waals surface area contributed by atoms with Crippen LogP contribution in [-0.4, -0.2) is 14.3 Å². The minimum absolute atomic E-state index is 0. The average molecular weight is 1020 g/mol. The zero-order valence-electron chi connectivity index (χ0n) is 39.5. The van der Waals surface area contributed by atoms with Crippen LogP contribution in [0.15, 0.2) is 116 Å². The van der Waals surface area contributed by atoms with Crippen molar-refractivity contribution in [3.8, 4) is 45.1 Å². The van der Waals surface area contributed by atoms with Crippen molar-refractivity contribution in [3.63, 3.8) is 0 Å². The van der Waals surface area contributed by atoms with Crippen molar-refractivity contribution < 1.29 is 30.4 Å². The Labute approximate surface area is 394 Å². The molecule has 6 heteroatoms. The molecule has 0 unspecified atom stereocenters. The van der Waals surface area contributed by atoms with Crippen LogP contribution in [0.4, 0.5) is 0 Å². The Balaban J connectivity index is 0.00000518. The molecule has 64 heavy (non-hydrogen) atoms. The molecule has 0 bridgehead atoms. The van der Waals surface area contributed by atoms with Crippen LogP contribution >= 0.6 is 0 Å². The zero-order valence-corrected chi connectivity index (χ0v) is 41.8. The van der Waals surface area contributed by atoms with Gasteiger partial charge in [0.25, 0.3) is 0 Å². The van der Waals surface area contributed by atoms with E-state index >= 15 is 0 Å². The monoisotopic (exact) mass is 1020 g/mol. The van der Waals surface area contributed by atoms with E-state index < -0.39 is 5.41 Å². The van der Waals surface area contributed by atoms with Crippen molar-refractivity contribution in [1.29, 1.82) is 0 Å². The Morgan fingerprint density at radius 3 is 1.78 bits per heavy atom. The van der Waals surface area contributed by atoms with E-state index in [9.17, 15) is 0 Å². The molecule has 2 aliphatic rings. The van der Waals surface area contributed by atoms with Crippen LogP contribution in [-0.2, 0) is 55.2 Å². The number of nitrogens with zero attached hydrogens (tertiary/aromatic N) is 4. The van der Waals surface area contributed by atoms with Gasteiger partial charge in [-0.15, -0.1) is 35.9 Å². The molecule has 0 saturated carbocycles. The second-order valence-corrected chi connectivity index (χ2v) is 21.9. The number of aryl methyl sites for hydroxylation is 1. The van der Waals surface area contributed by atoms with E-state index in [1.54, 1.807) is 0 Å². The van der Waals surface area contributed by atoms with Crippen LogP contribution in [0.1, 0.15) is 128 Å². The van der Waals surface area contributed by atoms with Crippen LogP contribution in [0, 0.1) is 18.5 Å². The second kappa shape index (κ2) is 14.8. The maximum absolute atomic E-state index is 6.75. The molecule has 5 nitrogen and oxygen atoms in total. The fourth-order valence-corrected chi connectivity index (χ4v) is 10.1. The van der Waals surface area contributed by atoms with Crippen LogP contribution in [0.25, 0.3) is 44.7 Å². The van der Waals surface area contributed by atoms with E-state index in [0.717, 1.165) is 33.5 Å². The van der Waals surface area contributed by atoms with E-state index in [4.69, 9.17) is 4.74 Å². The molecule has 1 spiro atoms. The summed E-state index contributed by atoms with van der Waals surface area (Å²) in [5, 5.41) is 4.69. The summed E-state index contributed by atoms with van der Waals surface area (Å²) in [6.07, 6.45) is 7.64. The van der Waals surface area contributed by atoms with Gasteiger partial charge < -0.3 is 13.9 Å². The van der Waals surface area contributed by atoms with E-state index in [2.05, 4.69) is 190 Å². The van der Waals surface area contributed by atoms with Gasteiger partial charge >= 0.3 is 0 Å². The normalized spacial score (nSPS) is 14.0. The summed E-state index contributed by atoms with van der Waals surface area (Å²) < 4.78 is 13.0. The first-order valence-electron chi connectivity index (χ1n) is 22.4. The van der Waals surface area contributed by atoms with Gasteiger partial charge in [-0.1, -0.05) is 162 Å². The molecule has 0 fully saturated rings. The summed E-state index contributed by atoms with van der Waals surface area (Å²) in [6, 6.07) is 45.0. The van der Waals surface area contributed by atoms with Gasteiger partial charge in [0.2, 0.25) is 6.33 Å². The Morgan fingerprint density at radius 2 is 1.19 bits per heavy atom. The summed E-state index contributed by atoms with van der Waals surface area (Å²) >= 11 is 0. The molecule has 3 heterocycles. The third-order valence-corrected chi connectivity index (χ3v) is 13.4. The van der Waals surface area contributed by atoms with Crippen molar-refractivity contribution in [2.75, 3.05) is 0 Å². The van der Waals surface area contributed by atoms with E-state index in [0.29, 0.717) is 11.5 Å². The van der Waals surface area contributed by atoms with Gasteiger partial charge in [0.15, 0.2) is 0 Å². The average Bonchev–Trinajstić information content (AvgIpc) is 3.93. The number of aromatic nitrogens is 4. The van der Waals surface area contributed by atoms with Gasteiger partial charge in [0.05, 0.1) is 24.3 Å². The van der Waals surface area contributed by atoms with E-state index in [-0.39, 0.29) is 42.7 Å². The van der Waals surface area contributed by atoms with Gasteiger partial charge in [-0.3, -0.25) is 4.68 Å². The molecule has 328 valence electrons. The fourth-order valence-electron chi connectivity index (χ4n) is 10.1. The number of rotatable bonds is 4. The summed E-state index contributed by atoms with van der Waals surface area (Å²) in [6.45, 7) is 28.4. The van der Waals surface area contributed by atoms with Crippen LogP contribution in [0.2, 0.25) is 0 Å². The number of hydrogen-bond acceptors (Lipinski definition) is 2. The van der Waals surface area contributed by atoms with Crippen molar-refractivity contribution in [2.24, 2.45) is 7.05 Å². The van der Waals surface area contributed by atoms with Crippen LogP contribution in [0.5, 0.6) is 11.5 Å². The first kappa shape index (κ1) is 43.7. The molecular weight excluding hydrogens is 964 g/mol. The third-order valence-electron chi connectivity index (χ3n) is 13.4. The molecule has 2 aromatic heterocycles. The van der Waals surface area contributed by atoms with Gasteiger partial charge in [0.1, 0.15) is 0 Å². The molecule has 10 rings (SSSR count). The van der Waals surface area contributed by atoms with Crippen LogP contribution < -0.4 is 9.30 Å². The largest absolute Gasteiger partial charge is 0.510 e. The summed E-state index contributed by atoms with van der Waals surface area (Å²) in [5.74, 6) is 1.20. The molecule has 0 amide bonds. The smallest absolute Gasteiger partial charge is 0.242 e. The Morgan fingerprint density at radius 1 is 0.594 bits per heavy atom. The number of fused-ring (bicyclic) bond motifs is 9. The molecule has 0 N–H and O–H groups in total. The standard InChI is InChI=1S/C58H58N4O.Pt/c1-54(2,3)38-27-43-44-28-39(55(4,5)6)30-48(57(10,11)12)52(44)58(51(43)47(29-38)56(7,8)9)45-26-25-42(32-50(45)61-35-60(13)49-24-18-23-46(58)53(49)61)63-41-22-17-21-40(31-41)62-34-37(33-59-62)36-19-15-14-16-20-36;/h14-30,33-34H,1-13H3;/q-2;. The second-order valence-electron chi connectivity index (χ2n) is 21.9. The zero-order chi connectivity index (χ0) is 44.6. The number of benzene rings is 6. The Bertz CT molecular complexity index is 3060. The Hall–Kier alpha value is -5.51. The first-order chi connectivity index (χ1) is 29.7. The van der Waals surface area contributed by atoms with Gasteiger partial charge in [-0.2, -0.15) is 17.2 Å². The predicted molar refractivity (Wildman–Crippen MR) is 256 cm³/mol. The molecular formula is C58H58N4OPt-2. The van der Waals surface area contributed by atoms with E-state index in [1.165, 1.54) is 55.6 Å². The van der Waals surface area contributed by atoms with Gasteiger partial charge in [0, 0.05) is 49.7 Å². The fraction of sp³-hybridized carbons (Fsp3) is 0.310. The van der Waals surface area contributed by atoms with Crippen molar-refractivity contribution in [1.82, 2.24) is 14.3 Å².